The van der Waals surface area contributed by atoms with Crippen LogP contribution in [0, 0.1) is 10.8 Å². The van der Waals surface area contributed by atoms with Crippen molar-refractivity contribution in [2.75, 3.05) is 0 Å². The molecule has 2 N–H and O–H groups in total. The van der Waals surface area contributed by atoms with Crippen molar-refractivity contribution in [1.82, 2.24) is 0 Å². The van der Waals surface area contributed by atoms with E-state index in [0.717, 1.165) is 0 Å². The molecule has 91 valence electrons. The molecule has 4 nitrogen and oxygen atoms in total. The monoisotopic (exact) mass is 259 g/mol. The molecule has 1 radical (unpaired) electrons. The second-order valence-corrected chi connectivity index (χ2v) is 5.11. The number of rotatable bonds is 0. The van der Waals surface area contributed by atoms with Gasteiger partial charge < -0.3 is 10.2 Å². The van der Waals surface area contributed by atoms with E-state index in [1.165, 1.54) is 0 Å². The largest absolute Gasteiger partial charge is 0.481 e. The van der Waals surface area contributed by atoms with Crippen molar-refractivity contribution in [3.63, 3.8) is 0 Å². The Balaban J connectivity index is -0.000000180. The average Bonchev–Trinajstić information content (AvgIpc) is 1.83. The van der Waals surface area contributed by atoms with E-state index in [2.05, 4.69) is 0 Å². The van der Waals surface area contributed by atoms with E-state index >= 15 is 0 Å². The molecule has 0 aliphatic carbocycles. The van der Waals surface area contributed by atoms with Gasteiger partial charge >= 0.3 is 11.9 Å². The van der Waals surface area contributed by atoms with Crippen molar-refractivity contribution < 1.29 is 36.9 Å². The normalized spacial score (nSPS) is 10.5. The molecular formula is C10H20MnO4. The van der Waals surface area contributed by atoms with E-state index in [1.54, 1.807) is 41.5 Å². The number of hydrogen-bond donors (Lipinski definition) is 2. The third-order valence-electron chi connectivity index (χ3n) is 1.28. The van der Waals surface area contributed by atoms with E-state index in [-0.39, 0.29) is 17.1 Å². The zero-order chi connectivity index (χ0) is 12.2. The maximum atomic E-state index is 10.0. The van der Waals surface area contributed by atoms with Crippen molar-refractivity contribution in [2.45, 2.75) is 41.5 Å². The second kappa shape index (κ2) is 6.85. The van der Waals surface area contributed by atoms with Crippen molar-refractivity contribution in [3.8, 4) is 0 Å². The summed E-state index contributed by atoms with van der Waals surface area (Å²) < 4.78 is 0. The Morgan fingerprint density at radius 1 is 0.733 bits per heavy atom. The van der Waals surface area contributed by atoms with Gasteiger partial charge in [-0.2, -0.15) is 0 Å². The van der Waals surface area contributed by atoms with E-state index in [1.807, 2.05) is 0 Å². The summed E-state index contributed by atoms with van der Waals surface area (Å²) in [6, 6.07) is 0. The molecule has 0 aliphatic rings. The summed E-state index contributed by atoms with van der Waals surface area (Å²) in [6.07, 6.45) is 0. The topological polar surface area (TPSA) is 74.6 Å². The number of aliphatic carboxylic acids is 2. The molecule has 0 unspecified atom stereocenters. The van der Waals surface area contributed by atoms with Crippen LogP contribution in [0.3, 0.4) is 0 Å². The first-order valence-corrected chi connectivity index (χ1v) is 4.36. The Hall–Kier alpha value is -0.541. The van der Waals surface area contributed by atoms with Gasteiger partial charge in [-0.05, 0) is 41.5 Å². The van der Waals surface area contributed by atoms with Gasteiger partial charge in [0.15, 0.2) is 0 Å². The standard InChI is InChI=1S/2C5H10O2.Mn/c2*1-5(2,3)4(6)7;/h2*1-3H3,(H,6,7);. The van der Waals surface area contributed by atoms with Crippen molar-refractivity contribution in [1.29, 1.82) is 0 Å². The van der Waals surface area contributed by atoms with Crippen molar-refractivity contribution in [3.05, 3.63) is 0 Å². The second-order valence-electron chi connectivity index (χ2n) is 5.11. The van der Waals surface area contributed by atoms with Crippen LogP contribution in [0.5, 0.6) is 0 Å². The predicted octanol–water partition coefficient (Wildman–Crippen LogP) is 2.23. The van der Waals surface area contributed by atoms with Gasteiger partial charge in [0.1, 0.15) is 0 Å². The number of hydrogen-bond acceptors (Lipinski definition) is 2. The van der Waals surface area contributed by atoms with Gasteiger partial charge in [0.25, 0.3) is 0 Å². The Labute approximate surface area is 102 Å². The van der Waals surface area contributed by atoms with Crippen LogP contribution >= 0.6 is 0 Å². The fourth-order valence-electron chi connectivity index (χ4n) is 0. The fourth-order valence-corrected chi connectivity index (χ4v) is 0. The number of carboxylic acid groups (broad SMARTS) is 2. The van der Waals surface area contributed by atoms with Gasteiger partial charge in [-0.15, -0.1) is 0 Å². The number of carboxylic acids is 2. The van der Waals surface area contributed by atoms with E-state index in [4.69, 9.17) is 10.2 Å². The molecule has 15 heavy (non-hydrogen) atoms. The third kappa shape index (κ3) is 13.5. The summed E-state index contributed by atoms with van der Waals surface area (Å²) in [5.41, 5.74) is -1.17. The first-order valence-electron chi connectivity index (χ1n) is 4.36. The predicted molar refractivity (Wildman–Crippen MR) is 54.2 cm³/mol. The minimum Gasteiger partial charge on any atom is -0.481 e. The quantitative estimate of drug-likeness (QED) is 0.654. The Morgan fingerprint density at radius 2 is 0.800 bits per heavy atom. The fraction of sp³-hybridized carbons (Fsp3) is 0.800. The smallest absolute Gasteiger partial charge is 0.308 e. The molecule has 0 atom stereocenters. The van der Waals surface area contributed by atoms with Gasteiger partial charge in [-0.1, -0.05) is 0 Å². The summed E-state index contributed by atoms with van der Waals surface area (Å²) in [7, 11) is 0. The van der Waals surface area contributed by atoms with Gasteiger partial charge in [-0.25, -0.2) is 0 Å². The molecule has 0 aliphatic heterocycles. The molecule has 0 aromatic heterocycles. The maximum Gasteiger partial charge on any atom is 0.308 e. The molecule has 0 saturated carbocycles. The van der Waals surface area contributed by atoms with Crippen LogP contribution in [0.1, 0.15) is 41.5 Å². The first kappa shape index (κ1) is 19.9. The molecule has 0 saturated heterocycles. The SMILES string of the molecule is CC(C)(C)C(=O)O.CC(C)(C)C(=O)O.[Mn]. The van der Waals surface area contributed by atoms with Crippen LogP contribution in [0.25, 0.3) is 0 Å². The van der Waals surface area contributed by atoms with Gasteiger partial charge in [-0.3, -0.25) is 9.59 Å². The molecule has 0 rings (SSSR count). The Morgan fingerprint density at radius 3 is 0.800 bits per heavy atom. The summed E-state index contributed by atoms with van der Waals surface area (Å²) >= 11 is 0. The zero-order valence-electron chi connectivity index (χ0n) is 10.1. The number of carbonyl (C=O) groups is 2. The summed E-state index contributed by atoms with van der Waals surface area (Å²) in [4.78, 5) is 20.0. The molecular weight excluding hydrogens is 239 g/mol. The van der Waals surface area contributed by atoms with Crippen molar-refractivity contribution in [2.24, 2.45) is 10.8 Å². The molecule has 0 heterocycles. The average molecular weight is 259 g/mol. The van der Waals surface area contributed by atoms with Crippen LogP contribution in [0.4, 0.5) is 0 Å². The van der Waals surface area contributed by atoms with Crippen molar-refractivity contribution >= 4 is 11.9 Å². The molecule has 0 amide bonds. The molecule has 0 aromatic rings. The first-order chi connectivity index (χ1) is 5.89. The van der Waals surface area contributed by atoms with Crippen LogP contribution in [0.2, 0.25) is 0 Å². The van der Waals surface area contributed by atoms with Crippen LogP contribution in [-0.2, 0) is 26.7 Å². The molecule has 5 heteroatoms. The van der Waals surface area contributed by atoms with E-state index < -0.39 is 22.8 Å². The summed E-state index contributed by atoms with van der Waals surface area (Å²) in [5, 5.41) is 16.5. The minimum atomic E-state index is -0.757. The third-order valence-corrected chi connectivity index (χ3v) is 1.28. The van der Waals surface area contributed by atoms with Crippen LogP contribution < -0.4 is 0 Å². The molecule has 0 bridgehead atoms. The molecule has 0 spiro atoms. The Bertz CT molecular complexity index is 186. The van der Waals surface area contributed by atoms with Gasteiger partial charge in [0.05, 0.1) is 10.8 Å². The molecule has 0 fully saturated rings. The minimum absolute atomic E-state index is 0. The van der Waals surface area contributed by atoms with Crippen LogP contribution in [-0.4, -0.2) is 22.2 Å². The zero-order valence-corrected chi connectivity index (χ0v) is 11.3. The van der Waals surface area contributed by atoms with Gasteiger partial charge in [0.2, 0.25) is 0 Å². The van der Waals surface area contributed by atoms with Gasteiger partial charge in [0, 0.05) is 17.1 Å². The van der Waals surface area contributed by atoms with Crippen LogP contribution in [0.15, 0.2) is 0 Å². The Kier molecular flexibility index (Phi) is 9.11. The summed E-state index contributed by atoms with van der Waals surface area (Å²) in [5.74, 6) is -1.51. The summed E-state index contributed by atoms with van der Waals surface area (Å²) in [6.45, 7) is 9.97. The van der Waals surface area contributed by atoms with E-state index in [0.29, 0.717) is 0 Å². The maximum absolute atomic E-state index is 10.0. The molecule has 0 aromatic carbocycles. The van der Waals surface area contributed by atoms with E-state index in [9.17, 15) is 9.59 Å².